The fourth-order valence-corrected chi connectivity index (χ4v) is 2.12. The largest absolute Gasteiger partial charge is 0.314 e. The molecular weight excluding hydrogens is 242 g/mol. The average Bonchev–Trinajstić information content (AvgIpc) is 2.33. The van der Waals surface area contributed by atoms with Crippen molar-refractivity contribution in [2.24, 2.45) is 0 Å². The minimum atomic E-state index is -0.430. The monoisotopic (exact) mass is 255 g/mol. The molecule has 0 aromatic heterocycles. The first-order chi connectivity index (χ1) is 8.16. The number of nitro benzene ring substituents is 1. The molecule has 1 N–H and O–H groups in total. The van der Waals surface area contributed by atoms with Crippen molar-refractivity contribution in [3.63, 3.8) is 0 Å². The van der Waals surface area contributed by atoms with Crippen molar-refractivity contribution in [1.29, 1.82) is 0 Å². The van der Waals surface area contributed by atoms with Crippen molar-refractivity contribution in [3.8, 4) is 0 Å². The van der Waals surface area contributed by atoms with E-state index < -0.39 is 4.92 Å². The number of nitrogens with one attached hydrogen (secondary N) is 1. The minimum Gasteiger partial charge on any atom is -0.314 e. The summed E-state index contributed by atoms with van der Waals surface area (Å²) in [6.45, 7) is 4.66. The fourth-order valence-electron chi connectivity index (χ4n) is 1.89. The second-order valence-electron chi connectivity index (χ2n) is 4.06. The molecule has 1 heterocycles. The number of hydrogen-bond acceptors (Lipinski definition) is 4. The zero-order valence-electron chi connectivity index (χ0n) is 9.36. The van der Waals surface area contributed by atoms with Gasteiger partial charge >= 0.3 is 0 Å². The van der Waals surface area contributed by atoms with Crippen LogP contribution in [-0.2, 0) is 6.54 Å². The van der Waals surface area contributed by atoms with E-state index in [9.17, 15) is 10.1 Å². The van der Waals surface area contributed by atoms with Crippen molar-refractivity contribution in [1.82, 2.24) is 10.2 Å². The number of nitro groups is 1. The first-order valence-corrected chi connectivity index (χ1v) is 5.90. The van der Waals surface area contributed by atoms with Crippen LogP contribution in [0.1, 0.15) is 5.56 Å². The molecule has 0 aliphatic carbocycles. The molecule has 92 valence electrons. The standard InChI is InChI=1S/C11H14ClN3O2/c12-11-7-10(15(16)17)2-1-9(11)8-14-5-3-13-4-6-14/h1-2,7,13H,3-6,8H2. The van der Waals surface area contributed by atoms with E-state index in [1.165, 1.54) is 12.1 Å². The highest BCUT2D eigenvalue weighted by molar-refractivity contribution is 6.31. The number of nitrogens with zero attached hydrogens (tertiary/aromatic N) is 2. The quantitative estimate of drug-likeness (QED) is 0.659. The Labute approximate surface area is 105 Å². The molecule has 0 amide bonds. The van der Waals surface area contributed by atoms with Crippen LogP contribution in [0.3, 0.4) is 0 Å². The van der Waals surface area contributed by atoms with Crippen LogP contribution in [0.2, 0.25) is 5.02 Å². The first-order valence-electron chi connectivity index (χ1n) is 5.53. The lowest BCUT2D eigenvalue weighted by Crippen LogP contribution is -2.42. The lowest BCUT2D eigenvalue weighted by Gasteiger charge is -2.27. The number of non-ortho nitro benzene ring substituents is 1. The van der Waals surface area contributed by atoms with E-state index in [1.54, 1.807) is 6.07 Å². The van der Waals surface area contributed by atoms with Crippen molar-refractivity contribution >= 4 is 17.3 Å². The van der Waals surface area contributed by atoms with Gasteiger partial charge < -0.3 is 5.32 Å². The number of rotatable bonds is 3. The normalized spacial score (nSPS) is 17.0. The molecule has 1 fully saturated rings. The number of halogens is 1. The zero-order valence-corrected chi connectivity index (χ0v) is 10.1. The number of hydrogen-bond donors (Lipinski definition) is 1. The predicted octanol–water partition coefficient (Wildman–Crippen LogP) is 1.65. The summed E-state index contributed by atoms with van der Waals surface area (Å²) in [5.41, 5.74) is 0.984. The van der Waals surface area contributed by atoms with Crippen LogP contribution in [0.4, 0.5) is 5.69 Å². The lowest BCUT2D eigenvalue weighted by atomic mass is 10.2. The molecule has 1 saturated heterocycles. The summed E-state index contributed by atoms with van der Waals surface area (Å²) in [4.78, 5) is 12.4. The van der Waals surface area contributed by atoms with Gasteiger partial charge in [0.2, 0.25) is 0 Å². The summed E-state index contributed by atoms with van der Waals surface area (Å²) in [6.07, 6.45) is 0. The van der Waals surface area contributed by atoms with E-state index >= 15 is 0 Å². The molecule has 1 aliphatic heterocycles. The van der Waals surface area contributed by atoms with Gasteiger partial charge in [0.25, 0.3) is 5.69 Å². The van der Waals surface area contributed by atoms with Crippen molar-refractivity contribution in [2.75, 3.05) is 26.2 Å². The van der Waals surface area contributed by atoms with Crippen molar-refractivity contribution < 1.29 is 4.92 Å². The van der Waals surface area contributed by atoms with E-state index in [4.69, 9.17) is 11.6 Å². The smallest absolute Gasteiger partial charge is 0.270 e. The third kappa shape index (κ3) is 3.15. The third-order valence-electron chi connectivity index (χ3n) is 2.85. The molecule has 0 bridgehead atoms. The molecule has 0 atom stereocenters. The Morgan fingerprint density at radius 1 is 1.41 bits per heavy atom. The van der Waals surface area contributed by atoms with Crippen LogP contribution in [0.25, 0.3) is 0 Å². The molecule has 1 aromatic carbocycles. The Kier molecular flexibility index (Phi) is 3.93. The van der Waals surface area contributed by atoms with Gasteiger partial charge in [-0.2, -0.15) is 0 Å². The summed E-state index contributed by atoms with van der Waals surface area (Å²) < 4.78 is 0. The fraction of sp³-hybridized carbons (Fsp3) is 0.455. The SMILES string of the molecule is O=[N+]([O-])c1ccc(CN2CCNCC2)c(Cl)c1. The number of piperazine rings is 1. The Bertz CT molecular complexity index is 419. The zero-order chi connectivity index (χ0) is 12.3. The molecule has 2 rings (SSSR count). The minimum absolute atomic E-state index is 0.0408. The van der Waals surface area contributed by atoms with Gasteiger partial charge in [0.1, 0.15) is 0 Å². The summed E-state index contributed by atoms with van der Waals surface area (Å²) >= 11 is 6.05. The van der Waals surface area contributed by atoms with Crippen LogP contribution in [0.5, 0.6) is 0 Å². The molecule has 17 heavy (non-hydrogen) atoms. The lowest BCUT2D eigenvalue weighted by molar-refractivity contribution is -0.384. The molecule has 1 aromatic rings. The molecule has 5 nitrogen and oxygen atoms in total. The Hall–Kier alpha value is -1.17. The second-order valence-corrected chi connectivity index (χ2v) is 4.47. The van der Waals surface area contributed by atoms with E-state index in [-0.39, 0.29) is 5.69 Å². The van der Waals surface area contributed by atoms with Gasteiger partial charge in [-0.1, -0.05) is 11.6 Å². The Morgan fingerprint density at radius 3 is 2.71 bits per heavy atom. The summed E-state index contributed by atoms with van der Waals surface area (Å²) in [5.74, 6) is 0. The summed E-state index contributed by atoms with van der Waals surface area (Å²) in [7, 11) is 0. The third-order valence-corrected chi connectivity index (χ3v) is 3.20. The van der Waals surface area contributed by atoms with Crippen molar-refractivity contribution in [3.05, 3.63) is 38.9 Å². The van der Waals surface area contributed by atoms with Crippen LogP contribution in [-0.4, -0.2) is 36.0 Å². The van der Waals surface area contributed by atoms with E-state index in [2.05, 4.69) is 10.2 Å². The van der Waals surface area contributed by atoms with Crippen LogP contribution < -0.4 is 5.32 Å². The highest BCUT2D eigenvalue weighted by atomic mass is 35.5. The van der Waals surface area contributed by atoms with Gasteiger partial charge in [-0.3, -0.25) is 15.0 Å². The van der Waals surface area contributed by atoms with E-state index in [0.29, 0.717) is 5.02 Å². The first kappa shape index (κ1) is 12.3. The molecule has 0 saturated carbocycles. The molecular formula is C11H14ClN3O2. The Morgan fingerprint density at radius 2 is 2.12 bits per heavy atom. The van der Waals surface area contributed by atoms with Crippen LogP contribution in [0, 0.1) is 10.1 Å². The maximum Gasteiger partial charge on any atom is 0.270 e. The van der Waals surface area contributed by atoms with Gasteiger partial charge in [-0.05, 0) is 11.6 Å². The summed E-state index contributed by atoms with van der Waals surface area (Å²) in [6, 6.07) is 4.66. The van der Waals surface area contributed by atoms with Gasteiger partial charge in [0, 0.05) is 44.9 Å². The molecule has 1 aliphatic rings. The van der Waals surface area contributed by atoms with Crippen molar-refractivity contribution in [2.45, 2.75) is 6.54 Å². The molecule has 0 unspecified atom stereocenters. The van der Waals surface area contributed by atoms with Crippen LogP contribution >= 0.6 is 11.6 Å². The predicted molar refractivity (Wildman–Crippen MR) is 66.3 cm³/mol. The Balaban J connectivity index is 2.08. The second kappa shape index (κ2) is 5.44. The average molecular weight is 256 g/mol. The highest BCUT2D eigenvalue weighted by Gasteiger charge is 2.14. The van der Waals surface area contributed by atoms with Gasteiger partial charge in [0.15, 0.2) is 0 Å². The van der Waals surface area contributed by atoms with Gasteiger partial charge in [-0.25, -0.2) is 0 Å². The van der Waals surface area contributed by atoms with Gasteiger partial charge in [-0.15, -0.1) is 0 Å². The van der Waals surface area contributed by atoms with Crippen LogP contribution in [0.15, 0.2) is 18.2 Å². The summed E-state index contributed by atoms with van der Waals surface area (Å²) in [5, 5.41) is 14.3. The maximum absolute atomic E-state index is 10.6. The highest BCUT2D eigenvalue weighted by Crippen LogP contribution is 2.23. The number of benzene rings is 1. The van der Waals surface area contributed by atoms with E-state index in [0.717, 1.165) is 38.3 Å². The van der Waals surface area contributed by atoms with Gasteiger partial charge in [0.05, 0.1) is 9.95 Å². The maximum atomic E-state index is 10.6. The molecule has 6 heteroatoms. The molecule has 0 spiro atoms. The topological polar surface area (TPSA) is 58.4 Å². The molecule has 0 radical (unpaired) electrons. The van der Waals surface area contributed by atoms with E-state index in [1.807, 2.05) is 0 Å².